The maximum absolute atomic E-state index is 11.5. The van der Waals surface area contributed by atoms with Gasteiger partial charge < -0.3 is 10.6 Å². The van der Waals surface area contributed by atoms with E-state index >= 15 is 0 Å². The highest BCUT2D eigenvalue weighted by Gasteiger charge is 2.40. The van der Waals surface area contributed by atoms with Crippen LogP contribution < -0.4 is 11.6 Å². The molecule has 1 aliphatic heterocycles. The van der Waals surface area contributed by atoms with Gasteiger partial charge in [0, 0.05) is 6.54 Å². The Morgan fingerprint density at radius 2 is 2.21 bits per heavy atom. The van der Waals surface area contributed by atoms with Gasteiger partial charge in [-0.25, -0.2) is 14.3 Å². The molecule has 1 unspecified atom stereocenters. The molecule has 0 radical (unpaired) electrons. The number of amides is 1. The molecule has 7 nitrogen and oxygen atoms in total. The number of hydrogen-bond donors (Lipinski definition) is 2. The van der Waals surface area contributed by atoms with Gasteiger partial charge in [-0.2, -0.15) is 4.31 Å². The van der Waals surface area contributed by atoms with E-state index in [1.807, 2.05) is 0 Å². The summed E-state index contributed by atoms with van der Waals surface area (Å²) in [6.45, 7) is 0.241. The van der Waals surface area contributed by atoms with Gasteiger partial charge in [-0.15, -0.1) is 0 Å². The fourth-order valence-electron chi connectivity index (χ4n) is 1.25. The third kappa shape index (κ3) is 2.21. The summed E-state index contributed by atoms with van der Waals surface area (Å²) < 4.78 is 24.0. The molecule has 8 heteroatoms. The summed E-state index contributed by atoms with van der Waals surface area (Å²) in [5, 5.41) is 0. The van der Waals surface area contributed by atoms with Crippen LogP contribution in [0.5, 0.6) is 0 Å². The smallest absolute Gasteiger partial charge is 0.235 e. The fourth-order valence-corrected chi connectivity index (χ4v) is 2.77. The number of carbonyl (C=O) groups excluding carboxylic acids is 1. The predicted molar refractivity (Wildman–Crippen MR) is 48.2 cm³/mol. The SMILES string of the molecule is NOCCS(=O)(=O)N1CCC1C(N)=O. The molecule has 0 spiro atoms. The predicted octanol–water partition coefficient (Wildman–Crippen LogP) is -2.23. The van der Waals surface area contributed by atoms with E-state index in [1.54, 1.807) is 0 Å². The van der Waals surface area contributed by atoms with Crippen LogP contribution in [0.2, 0.25) is 0 Å². The van der Waals surface area contributed by atoms with Gasteiger partial charge in [-0.3, -0.25) is 4.79 Å². The van der Waals surface area contributed by atoms with E-state index in [2.05, 4.69) is 4.84 Å². The first-order valence-corrected chi connectivity index (χ1v) is 5.70. The van der Waals surface area contributed by atoms with Crippen molar-refractivity contribution in [1.82, 2.24) is 4.31 Å². The summed E-state index contributed by atoms with van der Waals surface area (Å²) in [7, 11) is -3.45. The second-order valence-electron chi connectivity index (χ2n) is 3.00. The average Bonchev–Trinajstić information content (AvgIpc) is 1.96. The van der Waals surface area contributed by atoms with E-state index in [1.165, 1.54) is 0 Å². The highest BCUT2D eigenvalue weighted by atomic mass is 32.2. The Morgan fingerprint density at radius 3 is 2.57 bits per heavy atom. The van der Waals surface area contributed by atoms with Crippen LogP contribution in [0, 0.1) is 0 Å². The molecule has 1 aliphatic rings. The monoisotopic (exact) mass is 223 g/mol. The van der Waals surface area contributed by atoms with E-state index in [0.29, 0.717) is 13.0 Å². The number of rotatable bonds is 5. The molecule has 0 aromatic heterocycles. The van der Waals surface area contributed by atoms with Gasteiger partial charge >= 0.3 is 0 Å². The van der Waals surface area contributed by atoms with Crippen molar-refractivity contribution in [3.8, 4) is 0 Å². The molecule has 0 saturated carbocycles. The third-order valence-corrected chi connectivity index (χ3v) is 3.95. The number of carbonyl (C=O) groups is 1. The maximum Gasteiger partial charge on any atom is 0.235 e. The Bertz CT molecular complexity index is 315. The van der Waals surface area contributed by atoms with Gasteiger partial charge in [-0.1, -0.05) is 0 Å². The van der Waals surface area contributed by atoms with Gasteiger partial charge in [0.05, 0.1) is 12.4 Å². The maximum atomic E-state index is 11.5. The largest absolute Gasteiger partial charge is 0.368 e. The average molecular weight is 223 g/mol. The van der Waals surface area contributed by atoms with Crippen molar-refractivity contribution >= 4 is 15.9 Å². The van der Waals surface area contributed by atoms with E-state index in [4.69, 9.17) is 11.6 Å². The van der Waals surface area contributed by atoms with Crippen molar-refractivity contribution in [1.29, 1.82) is 0 Å². The first-order chi connectivity index (χ1) is 6.49. The van der Waals surface area contributed by atoms with Crippen LogP contribution in [0.25, 0.3) is 0 Å². The lowest BCUT2D eigenvalue weighted by molar-refractivity contribution is -0.124. The molecule has 1 amide bonds. The van der Waals surface area contributed by atoms with Crippen molar-refractivity contribution < 1.29 is 18.0 Å². The zero-order valence-electron chi connectivity index (χ0n) is 7.55. The van der Waals surface area contributed by atoms with Crippen LogP contribution in [0.4, 0.5) is 0 Å². The Balaban J connectivity index is 2.60. The Kier molecular flexibility index (Phi) is 3.43. The van der Waals surface area contributed by atoms with Crippen molar-refractivity contribution in [2.24, 2.45) is 11.6 Å². The van der Waals surface area contributed by atoms with Crippen molar-refractivity contribution in [3.63, 3.8) is 0 Å². The second-order valence-corrected chi connectivity index (χ2v) is 5.05. The van der Waals surface area contributed by atoms with E-state index in [9.17, 15) is 13.2 Å². The molecule has 82 valence electrons. The Hall–Kier alpha value is -0.700. The molecule has 14 heavy (non-hydrogen) atoms. The molecule has 1 saturated heterocycles. The van der Waals surface area contributed by atoms with Crippen LogP contribution in [-0.2, 0) is 19.7 Å². The molecule has 1 heterocycles. The first-order valence-electron chi connectivity index (χ1n) is 4.09. The molecule has 0 bridgehead atoms. The summed E-state index contributed by atoms with van der Waals surface area (Å²) in [5.41, 5.74) is 5.01. The molecule has 1 rings (SSSR count). The lowest BCUT2D eigenvalue weighted by Gasteiger charge is -2.37. The van der Waals surface area contributed by atoms with Gasteiger partial charge in [0.1, 0.15) is 6.04 Å². The zero-order valence-corrected chi connectivity index (χ0v) is 8.37. The molecule has 0 aromatic carbocycles. The molecule has 0 aromatic rings. The highest BCUT2D eigenvalue weighted by Crippen LogP contribution is 2.21. The number of nitrogens with two attached hydrogens (primary N) is 2. The Labute approximate surface area is 82.0 Å². The lowest BCUT2D eigenvalue weighted by atomic mass is 10.1. The number of nitrogens with zero attached hydrogens (tertiary/aromatic N) is 1. The topological polar surface area (TPSA) is 116 Å². The number of primary amides is 1. The van der Waals surface area contributed by atoms with E-state index in [-0.39, 0.29) is 12.4 Å². The number of sulfonamides is 1. The van der Waals surface area contributed by atoms with Gasteiger partial charge in [0.25, 0.3) is 0 Å². The standard InChI is InChI=1S/C6H13N3O4S/c7-6(10)5-1-2-9(5)14(11,12)4-3-13-8/h5H,1-4,8H2,(H2,7,10). The summed E-state index contributed by atoms with van der Waals surface area (Å²) in [6.07, 6.45) is 0.484. The molecule has 0 aliphatic carbocycles. The summed E-state index contributed by atoms with van der Waals surface area (Å²) in [4.78, 5) is 14.9. The van der Waals surface area contributed by atoms with Crippen LogP contribution >= 0.6 is 0 Å². The zero-order chi connectivity index (χ0) is 10.8. The first kappa shape index (κ1) is 11.4. The van der Waals surface area contributed by atoms with Crippen LogP contribution in [0.1, 0.15) is 6.42 Å². The van der Waals surface area contributed by atoms with Crippen molar-refractivity contribution in [3.05, 3.63) is 0 Å². The summed E-state index contributed by atoms with van der Waals surface area (Å²) >= 11 is 0. The summed E-state index contributed by atoms with van der Waals surface area (Å²) in [6, 6.07) is -0.697. The van der Waals surface area contributed by atoms with Crippen LogP contribution in [0.3, 0.4) is 0 Å². The molecule has 1 fully saturated rings. The van der Waals surface area contributed by atoms with Gasteiger partial charge in [0.2, 0.25) is 15.9 Å². The molecule has 1 atom stereocenters. The van der Waals surface area contributed by atoms with E-state index < -0.39 is 22.0 Å². The molecular formula is C6H13N3O4S. The highest BCUT2D eigenvalue weighted by molar-refractivity contribution is 7.89. The second kappa shape index (κ2) is 4.22. The molecule has 4 N–H and O–H groups in total. The van der Waals surface area contributed by atoms with Gasteiger partial charge in [-0.05, 0) is 6.42 Å². The van der Waals surface area contributed by atoms with Gasteiger partial charge in [0.15, 0.2) is 0 Å². The Morgan fingerprint density at radius 1 is 1.57 bits per heavy atom. The third-order valence-electron chi connectivity index (χ3n) is 2.12. The normalized spacial score (nSPS) is 23.1. The van der Waals surface area contributed by atoms with Crippen LogP contribution in [0.15, 0.2) is 0 Å². The van der Waals surface area contributed by atoms with Crippen molar-refractivity contribution in [2.75, 3.05) is 18.9 Å². The minimum absolute atomic E-state index is 0.0929. The van der Waals surface area contributed by atoms with Crippen molar-refractivity contribution in [2.45, 2.75) is 12.5 Å². The fraction of sp³-hybridized carbons (Fsp3) is 0.833. The van der Waals surface area contributed by atoms with Crippen LogP contribution in [-0.4, -0.2) is 43.6 Å². The van der Waals surface area contributed by atoms with E-state index in [0.717, 1.165) is 4.31 Å². The lowest BCUT2D eigenvalue weighted by Crippen LogP contribution is -2.57. The minimum Gasteiger partial charge on any atom is -0.368 e. The minimum atomic E-state index is -3.45. The molecular weight excluding hydrogens is 210 g/mol. The number of hydrogen-bond acceptors (Lipinski definition) is 5. The quantitative estimate of drug-likeness (QED) is 0.511. The summed E-state index contributed by atoms with van der Waals surface area (Å²) in [5.74, 6) is 3.87.